The molecule has 27 heavy (non-hydrogen) atoms. The summed E-state index contributed by atoms with van der Waals surface area (Å²) < 4.78 is 5.12. The number of carbonyl (C=O) groups excluding carboxylic acids is 2. The number of aryl methyl sites for hydroxylation is 1. The van der Waals surface area contributed by atoms with Crippen molar-refractivity contribution in [1.82, 2.24) is 4.90 Å². The van der Waals surface area contributed by atoms with Gasteiger partial charge < -0.3 is 15.0 Å². The highest BCUT2D eigenvalue weighted by Gasteiger charge is 2.28. The van der Waals surface area contributed by atoms with Gasteiger partial charge in [-0.25, -0.2) is 0 Å². The molecule has 0 radical (unpaired) electrons. The van der Waals surface area contributed by atoms with E-state index >= 15 is 0 Å². The number of likely N-dealkylation sites (tertiary alicyclic amines) is 1. The summed E-state index contributed by atoms with van der Waals surface area (Å²) in [5.41, 5.74) is 2.34. The predicted octanol–water partition coefficient (Wildman–Crippen LogP) is 4.15. The average molecular weight is 387 g/mol. The highest BCUT2D eigenvalue weighted by Crippen LogP contribution is 2.28. The van der Waals surface area contributed by atoms with Gasteiger partial charge in [0.05, 0.1) is 12.1 Å². The van der Waals surface area contributed by atoms with Crippen LogP contribution >= 0.6 is 11.6 Å². The molecule has 1 saturated heterocycles. The Morgan fingerprint density at radius 2 is 1.85 bits per heavy atom. The van der Waals surface area contributed by atoms with Crippen LogP contribution in [-0.4, -0.2) is 36.9 Å². The van der Waals surface area contributed by atoms with E-state index in [0.717, 1.165) is 11.1 Å². The van der Waals surface area contributed by atoms with Crippen molar-refractivity contribution in [2.24, 2.45) is 5.92 Å². The number of piperidine rings is 1. The van der Waals surface area contributed by atoms with Gasteiger partial charge in [-0.3, -0.25) is 9.59 Å². The zero-order valence-corrected chi connectivity index (χ0v) is 16.3. The minimum atomic E-state index is -0.119. The van der Waals surface area contributed by atoms with Crippen LogP contribution in [0.3, 0.4) is 0 Å². The molecule has 5 nitrogen and oxygen atoms in total. The summed E-state index contributed by atoms with van der Waals surface area (Å²) in [6.45, 7) is 3.09. The van der Waals surface area contributed by atoms with Crippen LogP contribution in [0.2, 0.25) is 5.02 Å². The van der Waals surface area contributed by atoms with Crippen molar-refractivity contribution in [2.45, 2.75) is 19.8 Å². The lowest BCUT2D eigenvalue weighted by atomic mass is 9.95. The lowest BCUT2D eigenvalue weighted by molar-refractivity contribution is -0.121. The summed E-state index contributed by atoms with van der Waals surface area (Å²) in [5.74, 6) is 0.442. The SMILES string of the molecule is COc1ccc(NC(=O)C2CCN(C(=O)c3ccccc3C)CC2)cc1Cl. The number of hydrogen-bond acceptors (Lipinski definition) is 3. The molecule has 0 aromatic heterocycles. The second-order valence-corrected chi connectivity index (χ2v) is 7.13. The van der Waals surface area contributed by atoms with Gasteiger partial charge in [0.1, 0.15) is 5.75 Å². The Bertz CT molecular complexity index is 845. The number of hydrogen-bond donors (Lipinski definition) is 1. The van der Waals surface area contributed by atoms with E-state index in [1.54, 1.807) is 25.3 Å². The van der Waals surface area contributed by atoms with Gasteiger partial charge in [0.2, 0.25) is 5.91 Å². The highest BCUT2D eigenvalue weighted by molar-refractivity contribution is 6.32. The van der Waals surface area contributed by atoms with E-state index in [1.807, 2.05) is 36.1 Å². The van der Waals surface area contributed by atoms with Crippen molar-refractivity contribution in [3.05, 3.63) is 58.6 Å². The van der Waals surface area contributed by atoms with Gasteiger partial charge in [-0.1, -0.05) is 29.8 Å². The molecule has 2 amide bonds. The first-order valence-corrected chi connectivity index (χ1v) is 9.36. The van der Waals surface area contributed by atoms with Crippen LogP contribution in [0.5, 0.6) is 5.75 Å². The highest BCUT2D eigenvalue weighted by atomic mass is 35.5. The molecule has 2 aromatic rings. The van der Waals surface area contributed by atoms with Crippen LogP contribution in [0.4, 0.5) is 5.69 Å². The van der Waals surface area contributed by atoms with Crippen molar-refractivity contribution in [3.8, 4) is 5.75 Å². The summed E-state index contributed by atoms with van der Waals surface area (Å²) in [4.78, 5) is 27.1. The summed E-state index contributed by atoms with van der Waals surface area (Å²) in [6.07, 6.45) is 1.29. The molecule has 0 bridgehead atoms. The third kappa shape index (κ3) is 4.42. The molecule has 0 spiro atoms. The molecule has 0 unspecified atom stereocenters. The van der Waals surface area contributed by atoms with Gasteiger partial charge in [-0.05, 0) is 49.6 Å². The second-order valence-electron chi connectivity index (χ2n) is 6.72. The Labute approximate surface area is 164 Å². The molecule has 0 aliphatic carbocycles. The monoisotopic (exact) mass is 386 g/mol. The Hall–Kier alpha value is -2.53. The molecule has 1 N–H and O–H groups in total. The summed E-state index contributed by atoms with van der Waals surface area (Å²) >= 11 is 6.10. The normalized spacial score (nSPS) is 14.7. The van der Waals surface area contributed by atoms with E-state index in [0.29, 0.717) is 42.4 Å². The number of rotatable bonds is 4. The second kappa shape index (κ2) is 8.44. The number of amides is 2. The Kier molecular flexibility index (Phi) is 6.01. The van der Waals surface area contributed by atoms with Crippen molar-refractivity contribution in [1.29, 1.82) is 0 Å². The van der Waals surface area contributed by atoms with Crippen molar-refractivity contribution in [3.63, 3.8) is 0 Å². The molecule has 1 fully saturated rings. The number of halogens is 1. The van der Waals surface area contributed by atoms with Gasteiger partial charge in [0.15, 0.2) is 0 Å². The molecule has 3 rings (SSSR count). The van der Waals surface area contributed by atoms with E-state index in [-0.39, 0.29) is 17.7 Å². The Morgan fingerprint density at radius 3 is 2.48 bits per heavy atom. The maximum Gasteiger partial charge on any atom is 0.254 e. The topological polar surface area (TPSA) is 58.6 Å². The van der Waals surface area contributed by atoms with Gasteiger partial charge >= 0.3 is 0 Å². The van der Waals surface area contributed by atoms with Crippen molar-refractivity contribution < 1.29 is 14.3 Å². The summed E-state index contributed by atoms with van der Waals surface area (Å²) in [6, 6.07) is 12.8. The number of nitrogens with one attached hydrogen (secondary N) is 1. The zero-order chi connectivity index (χ0) is 19.4. The number of carbonyl (C=O) groups is 2. The van der Waals surface area contributed by atoms with Crippen LogP contribution in [0.25, 0.3) is 0 Å². The Balaban J connectivity index is 1.57. The maximum absolute atomic E-state index is 12.7. The molecule has 142 valence electrons. The lowest BCUT2D eigenvalue weighted by Crippen LogP contribution is -2.41. The molecule has 2 aromatic carbocycles. The van der Waals surface area contributed by atoms with Crippen LogP contribution in [0, 0.1) is 12.8 Å². The number of anilines is 1. The fourth-order valence-corrected chi connectivity index (χ4v) is 3.57. The van der Waals surface area contributed by atoms with Crippen LogP contribution in [-0.2, 0) is 4.79 Å². The van der Waals surface area contributed by atoms with Crippen molar-refractivity contribution >= 4 is 29.1 Å². The quantitative estimate of drug-likeness (QED) is 0.858. The molecular formula is C21H23ClN2O3. The van der Waals surface area contributed by atoms with E-state index < -0.39 is 0 Å². The third-order valence-corrected chi connectivity index (χ3v) is 5.24. The van der Waals surface area contributed by atoms with Gasteiger partial charge in [-0.15, -0.1) is 0 Å². The molecule has 1 aliphatic heterocycles. The zero-order valence-electron chi connectivity index (χ0n) is 15.5. The van der Waals surface area contributed by atoms with Gasteiger partial charge in [0.25, 0.3) is 5.91 Å². The lowest BCUT2D eigenvalue weighted by Gasteiger charge is -2.31. The minimum Gasteiger partial charge on any atom is -0.495 e. The first-order valence-electron chi connectivity index (χ1n) is 8.99. The molecule has 1 aliphatic rings. The maximum atomic E-state index is 12.7. The average Bonchev–Trinajstić information content (AvgIpc) is 2.68. The molecule has 6 heteroatoms. The Morgan fingerprint density at radius 1 is 1.15 bits per heavy atom. The van der Waals surface area contributed by atoms with Crippen LogP contribution in [0.15, 0.2) is 42.5 Å². The number of ether oxygens (including phenoxy) is 1. The summed E-state index contributed by atoms with van der Waals surface area (Å²) in [7, 11) is 1.55. The van der Waals surface area contributed by atoms with Crippen molar-refractivity contribution in [2.75, 3.05) is 25.5 Å². The fourth-order valence-electron chi connectivity index (χ4n) is 3.32. The smallest absolute Gasteiger partial charge is 0.254 e. The predicted molar refractivity (Wildman–Crippen MR) is 106 cm³/mol. The number of methoxy groups -OCH3 is 1. The molecule has 0 atom stereocenters. The van der Waals surface area contributed by atoms with E-state index in [1.165, 1.54) is 0 Å². The van der Waals surface area contributed by atoms with Crippen LogP contribution < -0.4 is 10.1 Å². The van der Waals surface area contributed by atoms with Gasteiger partial charge in [0, 0.05) is 30.3 Å². The first kappa shape index (κ1) is 19.2. The molecular weight excluding hydrogens is 364 g/mol. The number of benzene rings is 2. The molecule has 0 saturated carbocycles. The van der Waals surface area contributed by atoms with E-state index in [2.05, 4.69) is 5.32 Å². The van der Waals surface area contributed by atoms with E-state index in [9.17, 15) is 9.59 Å². The standard InChI is InChI=1S/C21H23ClN2O3/c1-14-5-3-4-6-17(14)21(26)24-11-9-15(10-12-24)20(25)23-16-7-8-19(27-2)18(22)13-16/h3-8,13,15H,9-12H2,1-2H3,(H,23,25). The fraction of sp³-hybridized carbons (Fsp3) is 0.333. The van der Waals surface area contributed by atoms with E-state index in [4.69, 9.17) is 16.3 Å². The number of nitrogens with zero attached hydrogens (tertiary/aromatic N) is 1. The first-order chi connectivity index (χ1) is 13.0. The van der Waals surface area contributed by atoms with Crippen LogP contribution in [0.1, 0.15) is 28.8 Å². The van der Waals surface area contributed by atoms with Gasteiger partial charge in [-0.2, -0.15) is 0 Å². The summed E-state index contributed by atoms with van der Waals surface area (Å²) in [5, 5.41) is 3.36. The molecule has 1 heterocycles. The largest absolute Gasteiger partial charge is 0.495 e. The third-order valence-electron chi connectivity index (χ3n) is 4.95. The minimum absolute atomic E-state index is 0.0360.